The molecule has 0 aliphatic carbocycles. The van der Waals surface area contributed by atoms with Gasteiger partial charge in [0.15, 0.2) is 0 Å². The van der Waals surface area contributed by atoms with Gasteiger partial charge in [-0.15, -0.1) is 0 Å². The molecule has 0 fully saturated rings. The molecule has 4 heteroatoms. The second-order valence-electron chi connectivity index (χ2n) is 6.19. The lowest BCUT2D eigenvalue weighted by Gasteiger charge is -2.14. The zero-order valence-corrected chi connectivity index (χ0v) is 14.0. The molecular formula is C20H23NO3. The molecule has 1 aliphatic rings. The molecule has 4 nitrogen and oxygen atoms in total. The van der Waals surface area contributed by atoms with E-state index in [-0.39, 0.29) is 18.6 Å². The second kappa shape index (κ2) is 7.97. The molecule has 0 spiro atoms. The zero-order chi connectivity index (χ0) is 16.8. The summed E-state index contributed by atoms with van der Waals surface area (Å²) in [6.45, 7) is 3.31. The van der Waals surface area contributed by atoms with Crippen LogP contribution in [0.15, 0.2) is 48.5 Å². The van der Waals surface area contributed by atoms with E-state index in [9.17, 15) is 4.79 Å². The number of fused-ring (bicyclic) bond motifs is 1. The predicted octanol–water partition coefficient (Wildman–Crippen LogP) is 2.89. The van der Waals surface area contributed by atoms with E-state index in [2.05, 4.69) is 17.4 Å². The SMILES string of the molecule is CC(Cc1ccc2c(c1)CCO2)NC(=O)COCc1ccccc1. The zero-order valence-electron chi connectivity index (χ0n) is 14.0. The standard InChI is InChI=1S/C20H23NO3/c1-15(11-17-7-8-19-18(12-17)9-10-24-19)21-20(22)14-23-13-16-5-3-2-4-6-16/h2-8,12,15H,9-11,13-14H2,1H3,(H,21,22). The van der Waals surface area contributed by atoms with Crippen LogP contribution < -0.4 is 10.1 Å². The molecule has 2 aromatic carbocycles. The Kier molecular flexibility index (Phi) is 5.49. The lowest BCUT2D eigenvalue weighted by atomic mass is 10.0. The molecule has 1 aliphatic heterocycles. The van der Waals surface area contributed by atoms with E-state index in [0.717, 1.165) is 30.8 Å². The first-order valence-electron chi connectivity index (χ1n) is 8.36. The first-order chi connectivity index (χ1) is 11.7. The van der Waals surface area contributed by atoms with Crippen LogP contribution in [-0.4, -0.2) is 25.2 Å². The highest BCUT2D eigenvalue weighted by molar-refractivity contribution is 5.77. The van der Waals surface area contributed by atoms with Crippen molar-refractivity contribution in [2.75, 3.05) is 13.2 Å². The Morgan fingerprint density at radius 3 is 2.88 bits per heavy atom. The first kappa shape index (κ1) is 16.5. The Labute approximate surface area is 142 Å². The van der Waals surface area contributed by atoms with Crippen LogP contribution in [0, 0.1) is 0 Å². The summed E-state index contributed by atoms with van der Waals surface area (Å²) in [4.78, 5) is 12.0. The van der Waals surface area contributed by atoms with Gasteiger partial charge in [0.05, 0.1) is 13.2 Å². The summed E-state index contributed by atoms with van der Waals surface area (Å²) < 4.78 is 11.0. The van der Waals surface area contributed by atoms with E-state index in [4.69, 9.17) is 9.47 Å². The van der Waals surface area contributed by atoms with Crippen molar-refractivity contribution in [2.45, 2.75) is 32.4 Å². The Balaban J connectivity index is 1.41. The normalized spacial score (nSPS) is 13.9. The van der Waals surface area contributed by atoms with Gasteiger partial charge < -0.3 is 14.8 Å². The van der Waals surface area contributed by atoms with Gasteiger partial charge in [0, 0.05) is 12.5 Å². The van der Waals surface area contributed by atoms with Crippen LogP contribution >= 0.6 is 0 Å². The smallest absolute Gasteiger partial charge is 0.246 e. The molecule has 1 unspecified atom stereocenters. The van der Waals surface area contributed by atoms with Gasteiger partial charge in [0.25, 0.3) is 0 Å². The van der Waals surface area contributed by atoms with Crippen molar-refractivity contribution in [3.8, 4) is 5.75 Å². The monoisotopic (exact) mass is 325 g/mol. The maximum absolute atomic E-state index is 12.0. The quantitative estimate of drug-likeness (QED) is 0.851. The molecule has 2 aromatic rings. The average molecular weight is 325 g/mol. The fourth-order valence-electron chi connectivity index (χ4n) is 2.92. The number of hydrogen-bond acceptors (Lipinski definition) is 3. The molecule has 0 aromatic heterocycles. The van der Waals surface area contributed by atoms with E-state index >= 15 is 0 Å². The summed E-state index contributed by atoms with van der Waals surface area (Å²) in [5.41, 5.74) is 3.55. The van der Waals surface area contributed by atoms with E-state index in [1.54, 1.807) is 0 Å². The molecule has 0 saturated carbocycles. The molecule has 1 N–H and O–H groups in total. The van der Waals surface area contributed by atoms with Gasteiger partial charge >= 0.3 is 0 Å². The summed E-state index contributed by atoms with van der Waals surface area (Å²) in [5, 5.41) is 2.99. The first-order valence-corrected chi connectivity index (χ1v) is 8.36. The van der Waals surface area contributed by atoms with Crippen molar-refractivity contribution >= 4 is 5.91 Å². The summed E-state index contributed by atoms with van der Waals surface area (Å²) >= 11 is 0. The summed E-state index contributed by atoms with van der Waals surface area (Å²) in [6.07, 6.45) is 1.77. The topological polar surface area (TPSA) is 47.6 Å². The largest absolute Gasteiger partial charge is 0.493 e. The van der Waals surface area contributed by atoms with Crippen LogP contribution in [0.3, 0.4) is 0 Å². The van der Waals surface area contributed by atoms with Gasteiger partial charge in [-0.1, -0.05) is 42.5 Å². The van der Waals surface area contributed by atoms with Crippen LogP contribution in [0.2, 0.25) is 0 Å². The number of carbonyl (C=O) groups excluding carboxylic acids is 1. The minimum Gasteiger partial charge on any atom is -0.493 e. The van der Waals surface area contributed by atoms with Crippen molar-refractivity contribution in [3.05, 3.63) is 65.2 Å². The summed E-state index contributed by atoms with van der Waals surface area (Å²) in [7, 11) is 0. The Morgan fingerprint density at radius 1 is 1.21 bits per heavy atom. The number of amides is 1. The third-order valence-electron chi connectivity index (χ3n) is 4.05. The highest BCUT2D eigenvalue weighted by atomic mass is 16.5. The van der Waals surface area contributed by atoms with Gasteiger partial charge in [-0.25, -0.2) is 0 Å². The Hall–Kier alpha value is -2.33. The maximum Gasteiger partial charge on any atom is 0.246 e. The third kappa shape index (κ3) is 4.59. The van der Waals surface area contributed by atoms with Crippen LogP contribution in [0.5, 0.6) is 5.75 Å². The Bertz CT molecular complexity index is 685. The van der Waals surface area contributed by atoms with Crippen LogP contribution in [0.25, 0.3) is 0 Å². The molecule has 0 bridgehead atoms. The number of carbonyl (C=O) groups is 1. The highest BCUT2D eigenvalue weighted by Gasteiger charge is 2.14. The van der Waals surface area contributed by atoms with Gasteiger partial charge in [0.2, 0.25) is 5.91 Å². The molecule has 1 amide bonds. The van der Waals surface area contributed by atoms with Crippen LogP contribution in [0.4, 0.5) is 0 Å². The van der Waals surface area contributed by atoms with Crippen molar-refractivity contribution < 1.29 is 14.3 Å². The molecule has 126 valence electrons. The van der Waals surface area contributed by atoms with Crippen LogP contribution in [-0.2, 0) is 29.0 Å². The van der Waals surface area contributed by atoms with Crippen molar-refractivity contribution in [1.82, 2.24) is 5.32 Å². The number of nitrogens with one attached hydrogen (secondary N) is 1. The van der Waals surface area contributed by atoms with Crippen molar-refractivity contribution in [2.24, 2.45) is 0 Å². The molecule has 3 rings (SSSR count). The van der Waals surface area contributed by atoms with E-state index in [1.807, 2.05) is 43.3 Å². The lowest BCUT2D eigenvalue weighted by Crippen LogP contribution is -2.36. The number of hydrogen-bond donors (Lipinski definition) is 1. The highest BCUT2D eigenvalue weighted by Crippen LogP contribution is 2.26. The minimum atomic E-state index is -0.0806. The second-order valence-corrected chi connectivity index (χ2v) is 6.19. The van der Waals surface area contributed by atoms with E-state index in [0.29, 0.717) is 6.61 Å². The molecule has 24 heavy (non-hydrogen) atoms. The van der Waals surface area contributed by atoms with Crippen molar-refractivity contribution in [1.29, 1.82) is 0 Å². The number of rotatable bonds is 7. The minimum absolute atomic E-state index is 0.0678. The van der Waals surface area contributed by atoms with Gasteiger partial charge in [-0.2, -0.15) is 0 Å². The van der Waals surface area contributed by atoms with Gasteiger partial charge in [-0.3, -0.25) is 4.79 Å². The lowest BCUT2D eigenvalue weighted by molar-refractivity contribution is -0.126. The fourth-order valence-corrected chi connectivity index (χ4v) is 2.92. The average Bonchev–Trinajstić information content (AvgIpc) is 3.03. The molecule has 1 atom stereocenters. The summed E-state index contributed by atoms with van der Waals surface area (Å²) in [5.74, 6) is 0.910. The number of ether oxygens (including phenoxy) is 2. The van der Waals surface area contributed by atoms with E-state index in [1.165, 1.54) is 11.1 Å². The molecule has 0 radical (unpaired) electrons. The predicted molar refractivity (Wildman–Crippen MR) is 93.0 cm³/mol. The third-order valence-corrected chi connectivity index (χ3v) is 4.05. The fraction of sp³-hybridized carbons (Fsp3) is 0.350. The van der Waals surface area contributed by atoms with Gasteiger partial charge in [-0.05, 0) is 36.1 Å². The van der Waals surface area contributed by atoms with E-state index < -0.39 is 0 Å². The maximum atomic E-state index is 12.0. The number of benzene rings is 2. The molecule has 1 heterocycles. The van der Waals surface area contributed by atoms with Gasteiger partial charge in [0.1, 0.15) is 12.4 Å². The Morgan fingerprint density at radius 2 is 2.04 bits per heavy atom. The summed E-state index contributed by atoms with van der Waals surface area (Å²) in [6, 6.07) is 16.2. The molecular weight excluding hydrogens is 302 g/mol. The van der Waals surface area contributed by atoms with Crippen molar-refractivity contribution in [3.63, 3.8) is 0 Å². The van der Waals surface area contributed by atoms with Crippen LogP contribution in [0.1, 0.15) is 23.6 Å². The molecule has 0 saturated heterocycles.